The maximum Gasteiger partial charge on any atom is 0.0730 e. The molecule has 25 heavy (non-hydrogen) atoms. The summed E-state index contributed by atoms with van der Waals surface area (Å²) in [6, 6.07) is 24.2. The van der Waals surface area contributed by atoms with E-state index in [1.54, 1.807) is 17.4 Å². The lowest BCUT2D eigenvalue weighted by Crippen LogP contribution is -2.30. The average molecular weight is 326 g/mol. The van der Waals surface area contributed by atoms with Gasteiger partial charge in [-0.25, -0.2) is 10.8 Å². The molecule has 0 fully saturated rings. The fraction of sp³-hybridized carbons (Fsp3) is 0.0476. The predicted molar refractivity (Wildman–Crippen MR) is 102 cm³/mol. The molecule has 0 bridgehead atoms. The number of nitrogens with two attached hydrogens (primary N) is 1. The van der Waals surface area contributed by atoms with Crippen LogP contribution in [0, 0.1) is 0 Å². The Hall–Kier alpha value is -3.24. The molecule has 4 heteroatoms. The van der Waals surface area contributed by atoms with Crippen LogP contribution in [-0.2, 0) is 6.54 Å². The quantitative estimate of drug-likeness (QED) is 0.451. The number of hydrogen-bond donors (Lipinski definition) is 1. The van der Waals surface area contributed by atoms with Crippen molar-refractivity contribution in [3.8, 4) is 11.3 Å². The largest absolute Gasteiger partial charge is 0.306 e. The lowest BCUT2D eigenvalue weighted by molar-refractivity contribution is 0.855. The van der Waals surface area contributed by atoms with E-state index in [0.717, 1.165) is 33.4 Å². The van der Waals surface area contributed by atoms with Gasteiger partial charge < -0.3 is 5.01 Å². The van der Waals surface area contributed by atoms with Crippen molar-refractivity contribution in [3.05, 3.63) is 90.8 Å². The second-order valence-corrected chi connectivity index (χ2v) is 5.89. The van der Waals surface area contributed by atoms with E-state index in [1.807, 2.05) is 48.5 Å². The molecule has 0 saturated heterocycles. The lowest BCUT2D eigenvalue weighted by Gasteiger charge is -2.21. The van der Waals surface area contributed by atoms with Crippen LogP contribution in [0.4, 0.5) is 5.69 Å². The summed E-state index contributed by atoms with van der Waals surface area (Å²) in [5, 5.41) is 2.81. The normalized spacial score (nSPS) is 10.8. The second kappa shape index (κ2) is 6.71. The molecule has 2 aromatic heterocycles. The first-order valence-electron chi connectivity index (χ1n) is 8.17. The molecule has 0 aliphatic carbocycles. The van der Waals surface area contributed by atoms with Gasteiger partial charge in [0.2, 0.25) is 0 Å². The van der Waals surface area contributed by atoms with Gasteiger partial charge in [-0.15, -0.1) is 0 Å². The van der Waals surface area contributed by atoms with Crippen molar-refractivity contribution < 1.29 is 0 Å². The van der Waals surface area contributed by atoms with Gasteiger partial charge in [-0.1, -0.05) is 48.5 Å². The van der Waals surface area contributed by atoms with E-state index in [9.17, 15) is 0 Å². The molecule has 2 N–H and O–H groups in total. The molecule has 0 amide bonds. The minimum Gasteiger partial charge on any atom is -0.306 e. The average Bonchev–Trinajstić information content (AvgIpc) is 2.68. The summed E-state index contributed by atoms with van der Waals surface area (Å²) in [5.41, 5.74) is 5.00. The zero-order valence-electron chi connectivity index (χ0n) is 13.7. The number of hydrazine groups is 1. The number of benzene rings is 2. The molecular weight excluding hydrogens is 308 g/mol. The van der Waals surface area contributed by atoms with E-state index in [2.05, 4.69) is 29.2 Å². The highest BCUT2D eigenvalue weighted by molar-refractivity contribution is 5.94. The van der Waals surface area contributed by atoms with Crippen molar-refractivity contribution in [1.29, 1.82) is 0 Å². The number of para-hydroxylation sites is 1. The summed E-state index contributed by atoms with van der Waals surface area (Å²) in [7, 11) is 0. The summed E-state index contributed by atoms with van der Waals surface area (Å²) in [5.74, 6) is 6.43. The third-order valence-corrected chi connectivity index (χ3v) is 4.18. The Morgan fingerprint density at radius 1 is 0.840 bits per heavy atom. The molecule has 4 nitrogen and oxygen atoms in total. The number of nitrogens with zero attached hydrogens (tertiary/aromatic N) is 3. The molecule has 0 spiro atoms. The molecule has 2 aromatic carbocycles. The second-order valence-electron chi connectivity index (χ2n) is 5.89. The highest BCUT2D eigenvalue weighted by Crippen LogP contribution is 2.30. The SMILES string of the molecule is NN(Cc1ccncc1)c1cc(-c2ccccc2)nc2ccccc12. The summed E-state index contributed by atoms with van der Waals surface area (Å²) in [6.07, 6.45) is 3.56. The van der Waals surface area contributed by atoms with E-state index in [0.29, 0.717) is 6.54 Å². The van der Waals surface area contributed by atoms with Crippen LogP contribution in [0.3, 0.4) is 0 Å². The fourth-order valence-electron chi connectivity index (χ4n) is 2.92. The number of aromatic nitrogens is 2. The summed E-state index contributed by atoms with van der Waals surface area (Å²) in [6.45, 7) is 0.602. The fourth-order valence-corrected chi connectivity index (χ4v) is 2.92. The first kappa shape index (κ1) is 15.3. The van der Waals surface area contributed by atoms with Crippen LogP contribution in [0.25, 0.3) is 22.2 Å². The van der Waals surface area contributed by atoms with Crippen LogP contribution >= 0.6 is 0 Å². The standard InChI is InChI=1S/C21H18N4/c22-25(15-16-10-12-23-13-11-16)21-14-20(17-6-2-1-3-7-17)24-19-9-5-4-8-18(19)21/h1-14H,15,22H2. The van der Waals surface area contributed by atoms with Crippen LogP contribution in [0.15, 0.2) is 85.2 Å². The van der Waals surface area contributed by atoms with Crippen LogP contribution in [-0.4, -0.2) is 9.97 Å². The maximum absolute atomic E-state index is 6.43. The third-order valence-electron chi connectivity index (χ3n) is 4.18. The molecule has 122 valence electrons. The Balaban J connectivity index is 1.81. The topological polar surface area (TPSA) is 55.0 Å². The van der Waals surface area contributed by atoms with Gasteiger partial charge in [0.25, 0.3) is 0 Å². The van der Waals surface area contributed by atoms with Crippen LogP contribution in [0.2, 0.25) is 0 Å². The molecule has 0 saturated carbocycles. The zero-order chi connectivity index (χ0) is 17.1. The van der Waals surface area contributed by atoms with Gasteiger partial charge in [0, 0.05) is 23.3 Å². The Morgan fingerprint density at radius 2 is 1.56 bits per heavy atom. The van der Waals surface area contributed by atoms with Gasteiger partial charge in [0.05, 0.1) is 23.4 Å². The van der Waals surface area contributed by atoms with Gasteiger partial charge in [0.15, 0.2) is 0 Å². The molecule has 2 heterocycles. The highest BCUT2D eigenvalue weighted by atomic mass is 15.4. The monoisotopic (exact) mass is 326 g/mol. The molecular formula is C21H18N4. The number of anilines is 1. The molecule has 0 atom stereocenters. The minimum absolute atomic E-state index is 0.602. The Labute approximate surface area is 146 Å². The van der Waals surface area contributed by atoms with E-state index in [-0.39, 0.29) is 0 Å². The van der Waals surface area contributed by atoms with Crippen LogP contribution in [0.5, 0.6) is 0 Å². The first-order valence-corrected chi connectivity index (χ1v) is 8.17. The van der Waals surface area contributed by atoms with Crippen LogP contribution < -0.4 is 10.9 Å². The van der Waals surface area contributed by atoms with Crippen molar-refractivity contribution in [2.75, 3.05) is 5.01 Å². The number of pyridine rings is 2. The van der Waals surface area contributed by atoms with E-state index in [1.165, 1.54) is 0 Å². The minimum atomic E-state index is 0.602. The van der Waals surface area contributed by atoms with E-state index >= 15 is 0 Å². The summed E-state index contributed by atoms with van der Waals surface area (Å²) in [4.78, 5) is 8.86. The molecule has 0 aliphatic heterocycles. The number of rotatable bonds is 4. The zero-order valence-corrected chi connectivity index (χ0v) is 13.7. The van der Waals surface area contributed by atoms with Gasteiger partial charge in [-0.3, -0.25) is 4.98 Å². The molecule has 0 radical (unpaired) electrons. The molecule has 4 aromatic rings. The first-order chi connectivity index (χ1) is 12.3. The number of fused-ring (bicyclic) bond motifs is 1. The lowest BCUT2D eigenvalue weighted by atomic mass is 10.1. The van der Waals surface area contributed by atoms with E-state index < -0.39 is 0 Å². The van der Waals surface area contributed by atoms with Crippen molar-refractivity contribution >= 4 is 16.6 Å². The van der Waals surface area contributed by atoms with Crippen molar-refractivity contribution in [1.82, 2.24) is 9.97 Å². The Bertz CT molecular complexity index is 984. The van der Waals surface area contributed by atoms with Crippen molar-refractivity contribution in [2.45, 2.75) is 6.54 Å². The molecule has 4 rings (SSSR count). The maximum atomic E-state index is 6.43. The van der Waals surface area contributed by atoms with Crippen LogP contribution in [0.1, 0.15) is 5.56 Å². The van der Waals surface area contributed by atoms with Gasteiger partial charge in [0.1, 0.15) is 0 Å². The third kappa shape index (κ3) is 3.20. The molecule has 0 unspecified atom stereocenters. The van der Waals surface area contributed by atoms with Gasteiger partial charge >= 0.3 is 0 Å². The van der Waals surface area contributed by atoms with Crippen molar-refractivity contribution in [3.63, 3.8) is 0 Å². The number of hydrogen-bond acceptors (Lipinski definition) is 4. The summed E-state index contributed by atoms with van der Waals surface area (Å²) < 4.78 is 0. The molecule has 0 aliphatic rings. The smallest absolute Gasteiger partial charge is 0.0730 e. The predicted octanol–water partition coefficient (Wildman–Crippen LogP) is 4.18. The summed E-state index contributed by atoms with van der Waals surface area (Å²) >= 11 is 0. The Morgan fingerprint density at radius 3 is 2.36 bits per heavy atom. The van der Waals surface area contributed by atoms with Crippen molar-refractivity contribution in [2.24, 2.45) is 5.84 Å². The Kier molecular flexibility index (Phi) is 4.11. The highest BCUT2D eigenvalue weighted by Gasteiger charge is 2.11. The van der Waals surface area contributed by atoms with Gasteiger partial charge in [-0.2, -0.15) is 0 Å². The van der Waals surface area contributed by atoms with Gasteiger partial charge in [-0.05, 0) is 29.8 Å². The van der Waals surface area contributed by atoms with E-state index in [4.69, 9.17) is 10.8 Å².